The van der Waals surface area contributed by atoms with E-state index < -0.39 is 16.0 Å². The number of sulfonamides is 1. The van der Waals surface area contributed by atoms with Crippen LogP contribution in [-0.4, -0.2) is 50.6 Å². The first-order valence-corrected chi connectivity index (χ1v) is 9.70. The summed E-state index contributed by atoms with van der Waals surface area (Å²) in [6.07, 6.45) is 3.98. The van der Waals surface area contributed by atoms with Gasteiger partial charge in [-0.1, -0.05) is 12.1 Å². The van der Waals surface area contributed by atoms with E-state index in [2.05, 4.69) is 4.72 Å². The highest BCUT2D eigenvalue weighted by Gasteiger charge is 2.24. The third kappa shape index (κ3) is 4.95. The van der Waals surface area contributed by atoms with E-state index in [0.29, 0.717) is 6.54 Å². The zero-order valence-corrected chi connectivity index (χ0v) is 14.6. The van der Waals surface area contributed by atoms with Gasteiger partial charge in [-0.2, -0.15) is 0 Å². The molecule has 1 fully saturated rings. The van der Waals surface area contributed by atoms with E-state index in [0.717, 1.165) is 25.5 Å². The van der Waals surface area contributed by atoms with E-state index >= 15 is 0 Å². The molecule has 0 spiro atoms. The first kappa shape index (κ1) is 18.3. The standard InChI is InChI=1S/C16H22N2O5S/c1-12-7-5-6-10-18(12)15(19)11-23-16(20)13-8-3-4-9-14(13)17-24(2,21)22/h3-4,8-9,12,17H,5-7,10-11H2,1-2H3/t12-/m1/s1. The molecule has 1 aromatic rings. The molecule has 0 saturated carbocycles. The molecule has 2 rings (SSSR count). The molecule has 1 aliphatic rings. The summed E-state index contributed by atoms with van der Waals surface area (Å²) in [5.74, 6) is -0.969. The van der Waals surface area contributed by atoms with Gasteiger partial charge in [-0.3, -0.25) is 9.52 Å². The van der Waals surface area contributed by atoms with E-state index in [9.17, 15) is 18.0 Å². The van der Waals surface area contributed by atoms with E-state index in [1.54, 1.807) is 17.0 Å². The van der Waals surface area contributed by atoms with E-state index in [1.165, 1.54) is 12.1 Å². The van der Waals surface area contributed by atoms with Crippen LogP contribution in [-0.2, 0) is 19.6 Å². The molecular weight excluding hydrogens is 332 g/mol. The number of carbonyl (C=O) groups excluding carboxylic acids is 2. The third-order valence-electron chi connectivity index (χ3n) is 3.89. The molecule has 132 valence electrons. The molecule has 1 amide bonds. The molecule has 1 aromatic carbocycles. The molecule has 8 heteroatoms. The second-order valence-corrected chi connectivity index (χ2v) is 7.68. The van der Waals surface area contributed by atoms with Crippen molar-refractivity contribution in [1.29, 1.82) is 0 Å². The Morgan fingerprint density at radius 1 is 1.29 bits per heavy atom. The molecular formula is C16H22N2O5S. The highest BCUT2D eigenvalue weighted by atomic mass is 32.2. The number of hydrogen-bond donors (Lipinski definition) is 1. The van der Waals surface area contributed by atoms with Crippen LogP contribution in [0.3, 0.4) is 0 Å². The van der Waals surface area contributed by atoms with Crippen molar-refractivity contribution in [2.24, 2.45) is 0 Å². The minimum Gasteiger partial charge on any atom is -0.452 e. The number of para-hydroxylation sites is 1. The maximum atomic E-state index is 12.2. The summed E-state index contributed by atoms with van der Waals surface area (Å²) in [7, 11) is -3.52. The molecule has 24 heavy (non-hydrogen) atoms. The van der Waals surface area contributed by atoms with Gasteiger partial charge in [0.1, 0.15) is 0 Å². The van der Waals surface area contributed by atoms with Gasteiger partial charge in [-0.25, -0.2) is 13.2 Å². The number of amides is 1. The van der Waals surface area contributed by atoms with E-state index in [1.807, 2.05) is 6.92 Å². The number of carbonyl (C=O) groups is 2. The van der Waals surface area contributed by atoms with Gasteiger partial charge in [0.15, 0.2) is 6.61 Å². The van der Waals surface area contributed by atoms with Crippen LogP contribution >= 0.6 is 0 Å². The number of likely N-dealkylation sites (tertiary alicyclic amines) is 1. The summed E-state index contributed by atoms with van der Waals surface area (Å²) >= 11 is 0. The summed E-state index contributed by atoms with van der Waals surface area (Å²) in [5, 5.41) is 0. The van der Waals surface area contributed by atoms with Crippen LogP contribution in [0, 0.1) is 0 Å². The van der Waals surface area contributed by atoms with Crippen molar-refractivity contribution in [3.63, 3.8) is 0 Å². The fraction of sp³-hybridized carbons (Fsp3) is 0.500. The number of anilines is 1. The van der Waals surface area contributed by atoms with Crippen LogP contribution in [0.15, 0.2) is 24.3 Å². The number of hydrogen-bond acceptors (Lipinski definition) is 5. The van der Waals surface area contributed by atoms with E-state index in [4.69, 9.17) is 4.74 Å². The van der Waals surface area contributed by atoms with Gasteiger partial charge in [0.2, 0.25) is 10.0 Å². The Morgan fingerprint density at radius 2 is 2.00 bits per heavy atom. The van der Waals surface area contributed by atoms with Gasteiger partial charge in [0, 0.05) is 12.6 Å². The zero-order chi connectivity index (χ0) is 17.7. The number of nitrogens with zero attached hydrogens (tertiary/aromatic N) is 1. The molecule has 0 bridgehead atoms. The van der Waals surface area contributed by atoms with Gasteiger partial charge in [0.25, 0.3) is 5.91 Å². The van der Waals surface area contributed by atoms with Crippen LogP contribution < -0.4 is 4.72 Å². The van der Waals surface area contributed by atoms with Crippen LogP contribution in [0.5, 0.6) is 0 Å². The van der Waals surface area contributed by atoms with Crippen LogP contribution in [0.4, 0.5) is 5.69 Å². The van der Waals surface area contributed by atoms with Crippen molar-refractivity contribution in [2.45, 2.75) is 32.2 Å². The minimum atomic E-state index is -3.52. The minimum absolute atomic E-state index is 0.0717. The number of benzene rings is 1. The summed E-state index contributed by atoms with van der Waals surface area (Å²) in [4.78, 5) is 26.1. The molecule has 1 N–H and O–H groups in total. The van der Waals surface area contributed by atoms with Crippen molar-refractivity contribution in [3.8, 4) is 0 Å². The third-order valence-corrected chi connectivity index (χ3v) is 4.48. The summed E-state index contributed by atoms with van der Waals surface area (Å²) in [6, 6.07) is 6.25. The Bertz CT molecular complexity index is 717. The van der Waals surface area contributed by atoms with Crippen molar-refractivity contribution in [3.05, 3.63) is 29.8 Å². The lowest BCUT2D eigenvalue weighted by Crippen LogP contribution is -2.44. The number of esters is 1. The van der Waals surface area contributed by atoms with Crippen molar-refractivity contribution < 1.29 is 22.7 Å². The Balaban J connectivity index is 2.01. The first-order chi connectivity index (χ1) is 11.3. The Morgan fingerprint density at radius 3 is 2.67 bits per heavy atom. The largest absolute Gasteiger partial charge is 0.452 e. The SMILES string of the molecule is C[C@@H]1CCCCN1C(=O)COC(=O)c1ccccc1NS(C)(=O)=O. The van der Waals surface area contributed by atoms with E-state index in [-0.39, 0.29) is 29.8 Å². The van der Waals surface area contributed by atoms with Gasteiger partial charge in [-0.15, -0.1) is 0 Å². The Labute approximate surface area is 142 Å². The summed E-state index contributed by atoms with van der Waals surface area (Å²) in [5.41, 5.74) is 0.200. The van der Waals surface area contributed by atoms with Crippen LogP contribution in [0.1, 0.15) is 36.5 Å². The van der Waals surface area contributed by atoms with Gasteiger partial charge < -0.3 is 9.64 Å². The molecule has 0 radical (unpaired) electrons. The average molecular weight is 354 g/mol. The highest BCUT2D eigenvalue weighted by Crippen LogP contribution is 2.19. The van der Waals surface area contributed by atoms with Crippen molar-refractivity contribution >= 4 is 27.6 Å². The van der Waals surface area contributed by atoms with Crippen LogP contribution in [0.2, 0.25) is 0 Å². The van der Waals surface area contributed by atoms with Crippen molar-refractivity contribution in [2.75, 3.05) is 24.1 Å². The first-order valence-electron chi connectivity index (χ1n) is 7.81. The normalized spacial score (nSPS) is 18.1. The van der Waals surface area contributed by atoms with Crippen LogP contribution in [0.25, 0.3) is 0 Å². The number of piperidine rings is 1. The van der Waals surface area contributed by atoms with Gasteiger partial charge >= 0.3 is 5.97 Å². The fourth-order valence-electron chi connectivity index (χ4n) is 2.71. The summed E-state index contributed by atoms with van der Waals surface area (Å²) in [6.45, 7) is 2.30. The highest BCUT2D eigenvalue weighted by molar-refractivity contribution is 7.92. The van der Waals surface area contributed by atoms with Gasteiger partial charge in [0.05, 0.1) is 17.5 Å². The molecule has 7 nitrogen and oxygen atoms in total. The topological polar surface area (TPSA) is 92.8 Å². The number of rotatable bonds is 5. The number of nitrogens with one attached hydrogen (secondary N) is 1. The molecule has 1 aliphatic heterocycles. The lowest BCUT2D eigenvalue weighted by molar-refractivity contribution is -0.137. The second-order valence-electron chi connectivity index (χ2n) is 5.93. The maximum Gasteiger partial charge on any atom is 0.340 e. The Hall–Kier alpha value is -2.09. The monoisotopic (exact) mass is 354 g/mol. The number of ether oxygens (including phenoxy) is 1. The van der Waals surface area contributed by atoms with Crippen molar-refractivity contribution in [1.82, 2.24) is 4.90 Å². The summed E-state index contributed by atoms with van der Waals surface area (Å²) < 4.78 is 30.1. The molecule has 1 heterocycles. The maximum absolute atomic E-state index is 12.2. The molecule has 1 atom stereocenters. The molecule has 0 unspecified atom stereocenters. The lowest BCUT2D eigenvalue weighted by Gasteiger charge is -2.33. The zero-order valence-electron chi connectivity index (χ0n) is 13.8. The Kier molecular flexibility index (Phi) is 5.82. The smallest absolute Gasteiger partial charge is 0.340 e. The van der Waals surface area contributed by atoms with Gasteiger partial charge in [-0.05, 0) is 38.3 Å². The molecule has 0 aliphatic carbocycles. The molecule has 1 saturated heterocycles. The predicted octanol–water partition coefficient (Wildman–Crippen LogP) is 1.62. The lowest BCUT2D eigenvalue weighted by atomic mass is 10.0. The second kappa shape index (κ2) is 7.65. The predicted molar refractivity (Wildman–Crippen MR) is 90.2 cm³/mol. The fourth-order valence-corrected chi connectivity index (χ4v) is 3.28. The average Bonchev–Trinajstić information content (AvgIpc) is 2.51. The molecule has 0 aromatic heterocycles. The quantitative estimate of drug-likeness (QED) is 0.811.